The Kier molecular flexibility index (Phi) is 4.91. The predicted octanol–water partition coefficient (Wildman–Crippen LogP) is 4.59. The molecule has 1 aromatic heterocycles. The first-order valence-electron chi connectivity index (χ1n) is 7.43. The number of aryl methyl sites for hydroxylation is 1. The number of halogens is 1. The van der Waals surface area contributed by atoms with E-state index in [1.807, 2.05) is 23.5 Å². The molecule has 1 aliphatic carbocycles. The number of rotatable bonds is 5. The van der Waals surface area contributed by atoms with Crippen molar-refractivity contribution in [2.45, 2.75) is 31.8 Å². The van der Waals surface area contributed by atoms with Crippen molar-refractivity contribution >= 4 is 22.9 Å². The van der Waals surface area contributed by atoms with Gasteiger partial charge in [0, 0.05) is 17.5 Å². The van der Waals surface area contributed by atoms with Gasteiger partial charge >= 0.3 is 0 Å². The zero-order chi connectivity index (χ0) is 15.5. The fraction of sp³-hybridized carbons (Fsp3) is 0.412. The first-order valence-corrected chi connectivity index (χ1v) is 8.68. The summed E-state index contributed by atoms with van der Waals surface area (Å²) >= 11 is 8.13. The van der Waals surface area contributed by atoms with Crippen molar-refractivity contribution in [3.05, 3.63) is 44.6 Å². The van der Waals surface area contributed by atoms with Gasteiger partial charge in [0.1, 0.15) is 0 Å². The van der Waals surface area contributed by atoms with E-state index in [4.69, 9.17) is 21.1 Å². The van der Waals surface area contributed by atoms with Gasteiger partial charge in [0.05, 0.1) is 19.2 Å². The molecule has 0 aliphatic heterocycles. The molecule has 0 radical (unpaired) electrons. The fourth-order valence-corrected chi connectivity index (χ4v) is 4.31. The third kappa shape index (κ3) is 3.09. The second-order valence-electron chi connectivity index (χ2n) is 5.44. The van der Waals surface area contributed by atoms with Crippen LogP contribution >= 0.6 is 22.9 Å². The van der Waals surface area contributed by atoms with Crippen molar-refractivity contribution in [2.75, 3.05) is 14.2 Å². The van der Waals surface area contributed by atoms with E-state index in [-0.39, 0.29) is 0 Å². The second kappa shape index (κ2) is 6.90. The number of fused-ring (bicyclic) bond motifs is 1. The maximum Gasteiger partial charge on any atom is 0.179 e. The van der Waals surface area contributed by atoms with Gasteiger partial charge in [-0.15, -0.1) is 11.3 Å². The first-order chi connectivity index (χ1) is 10.7. The molecule has 2 aromatic rings. The molecule has 1 atom stereocenters. The average Bonchev–Trinajstić information content (AvgIpc) is 3.01. The van der Waals surface area contributed by atoms with Crippen molar-refractivity contribution < 1.29 is 9.47 Å². The zero-order valence-corrected chi connectivity index (χ0v) is 14.4. The van der Waals surface area contributed by atoms with Crippen LogP contribution in [0.15, 0.2) is 23.6 Å². The monoisotopic (exact) mass is 337 g/mol. The highest BCUT2D eigenvalue weighted by Gasteiger charge is 2.21. The molecule has 1 aromatic carbocycles. The van der Waals surface area contributed by atoms with E-state index in [1.165, 1.54) is 29.7 Å². The number of nitrogens with one attached hydrogen (secondary N) is 1. The Labute approximate surface area is 140 Å². The molecule has 0 amide bonds. The number of hydrogen-bond acceptors (Lipinski definition) is 4. The molecule has 1 N–H and O–H groups in total. The van der Waals surface area contributed by atoms with Crippen molar-refractivity contribution in [3.63, 3.8) is 0 Å². The molecule has 3 nitrogen and oxygen atoms in total. The van der Waals surface area contributed by atoms with Gasteiger partial charge in [-0.1, -0.05) is 11.6 Å². The molecule has 118 valence electrons. The van der Waals surface area contributed by atoms with Crippen LogP contribution in [0.1, 0.15) is 34.9 Å². The Hall–Kier alpha value is -1.23. The summed E-state index contributed by atoms with van der Waals surface area (Å²) in [5.74, 6) is 1.26. The molecule has 1 aliphatic rings. The number of methoxy groups -OCH3 is 2. The molecular weight excluding hydrogens is 318 g/mol. The molecule has 3 rings (SSSR count). The lowest BCUT2D eigenvalue weighted by atomic mass is 9.94. The van der Waals surface area contributed by atoms with E-state index in [0.29, 0.717) is 22.6 Å². The van der Waals surface area contributed by atoms with Crippen LogP contribution in [-0.4, -0.2) is 14.2 Å². The SMILES string of the molecule is COc1cc(CNC2CCCc3sccc32)cc(Cl)c1OC. The average molecular weight is 338 g/mol. The minimum absolute atomic E-state index is 0.432. The lowest BCUT2D eigenvalue weighted by molar-refractivity contribution is 0.354. The molecule has 0 saturated carbocycles. The molecule has 5 heteroatoms. The van der Waals surface area contributed by atoms with Crippen molar-refractivity contribution in [1.29, 1.82) is 0 Å². The Balaban J connectivity index is 1.74. The van der Waals surface area contributed by atoms with Crippen LogP contribution in [0.3, 0.4) is 0 Å². The summed E-state index contributed by atoms with van der Waals surface area (Å²) in [6.45, 7) is 0.764. The minimum Gasteiger partial charge on any atom is -0.493 e. The van der Waals surface area contributed by atoms with Gasteiger partial charge in [-0.3, -0.25) is 0 Å². The van der Waals surface area contributed by atoms with E-state index < -0.39 is 0 Å². The van der Waals surface area contributed by atoms with E-state index in [0.717, 1.165) is 12.1 Å². The van der Waals surface area contributed by atoms with Crippen molar-refractivity contribution in [3.8, 4) is 11.5 Å². The molecule has 22 heavy (non-hydrogen) atoms. The van der Waals surface area contributed by atoms with Crippen LogP contribution in [0.5, 0.6) is 11.5 Å². The highest BCUT2D eigenvalue weighted by Crippen LogP contribution is 2.37. The zero-order valence-electron chi connectivity index (χ0n) is 12.8. The van der Waals surface area contributed by atoms with Crippen molar-refractivity contribution in [2.24, 2.45) is 0 Å². The minimum atomic E-state index is 0.432. The fourth-order valence-electron chi connectivity index (χ4n) is 3.01. The van der Waals surface area contributed by atoms with Gasteiger partial charge in [-0.2, -0.15) is 0 Å². The van der Waals surface area contributed by atoms with E-state index in [1.54, 1.807) is 14.2 Å². The Morgan fingerprint density at radius 3 is 2.95 bits per heavy atom. The standard InChI is InChI=1S/C17H20ClNO2S/c1-20-15-9-11(8-13(18)17(15)21-2)10-19-14-4-3-5-16-12(14)6-7-22-16/h6-9,14,19H,3-5,10H2,1-2H3. The number of benzene rings is 1. The van der Waals surface area contributed by atoms with Crippen LogP contribution in [0.2, 0.25) is 5.02 Å². The summed E-state index contributed by atoms with van der Waals surface area (Å²) in [5, 5.41) is 6.42. The van der Waals surface area contributed by atoms with Crippen LogP contribution in [0.25, 0.3) is 0 Å². The first kappa shape index (κ1) is 15.7. The summed E-state index contributed by atoms with van der Waals surface area (Å²) < 4.78 is 10.6. The van der Waals surface area contributed by atoms with Crippen molar-refractivity contribution in [1.82, 2.24) is 5.32 Å². The molecule has 0 fully saturated rings. The quantitative estimate of drug-likeness (QED) is 0.865. The van der Waals surface area contributed by atoms with Gasteiger partial charge in [0.25, 0.3) is 0 Å². The highest BCUT2D eigenvalue weighted by atomic mass is 35.5. The smallest absolute Gasteiger partial charge is 0.179 e. The van der Waals surface area contributed by atoms with Crippen LogP contribution in [0, 0.1) is 0 Å². The maximum atomic E-state index is 6.27. The van der Waals surface area contributed by atoms with Gasteiger partial charge in [-0.05, 0) is 54.0 Å². The van der Waals surface area contributed by atoms with E-state index >= 15 is 0 Å². The van der Waals surface area contributed by atoms with Gasteiger partial charge < -0.3 is 14.8 Å². The van der Waals surface area contributed by atoms with Crippen LogP contribution in [-0.2, 0) is 13.0 Å². The summed E-state index contributed by atoms with van der Waals surface area (Å²) in [6, 6.07) is 6.60. The molecule has 1 unspecified atom stereocenters. The maximum absolute atomic E-state index is 6.27. The van der Waals surface area contributed by atoms with E-state index in [2.05, 4.69) is 16.8 Å². The van der Waals surface area contributed by atoms with Gasteiger partial charge in [0.2, 0.25) is 0 Å². The van der Waals surface area contributed by atoms with E-state index in [9.17, 15) is 0 Å². The topological polar surface area (TPSA) is 30.5 Å². The Morgan fingerprint density at radius 1 is 1.32 bits per heavy atom. The molecular formula is C17H20ClNO2S. The summed E-state index contributed by atoms with van der Waals surface area (Å²) in [4.78, 5) is 1.52. The third-order valence-electron chi connectivity index (χ3n) is 4.10. The Bertz CT molecular complexity index is 656. The number of thiophene rings is 1. The third-order valence-corrected chi connectivity index (χ3v) is 5.38. The lowest BCUT2D eigenvalue weighted by Crippen LogP contribution is -2.23. The Morgan fingerprint density at radius 2 is 2.18 bits per heavy atom. The summed E-state index contributed by atoms with van der Waals surface area (Å²) in [7, 11) is 3.23. The second-order valence-corrected chi connectivity index (χ2v) is 6.85. The number of hydrogen-bond donors (Lipinski definition) is 1. The molecule has 1 heterocycles. The largest absolute Gasteiger partial charge is 0.493 e. The number of ether oxygens (including phenoxy) is 2. The normalized spacial score (nSPS) is 17.1. The van der Waals surface area contributed by atoms with Gasteiger partial charge in [0.15, 0.2) is 11.5 Å². The summed E-state index contributed by atoms with van der Waals surface area (Å²) in [6.07, 6.45) is 3.65. The molecule has 0 saturated heterocycles. The molecule has 0 spiro atoms. The van der Waals surface area contributed by atoms with Gasteiger partial charge in [-0.25, -0.2) is 0 Å². The highest BCUT2D eigenvalue weighted by molar-refractivity contribution is 7.10. The lowest BCUT2D eigenvalue weighted by Gasteiger charge is -2.24. The van der Waals surface area contributed by atoms with Crippen LogP contribution in [0.4, 0.5) is 0 Å². The van der Waals surface area contributed by atoms with Crippen LogP contribution < -0.4 is 14.8 Å². The summed E-state index contributed by atoms with van der Waals surface area (Å²) in [5.41, 5.74) is 2.56. The predicted molar refractivity (Wildman–Crippen MR) is 91.4 cm³/mol. The molecule has 0 bridgehead atoms.